The van der Waals surface area contributed by atoms with E-state index in [2.05, 4.69) is 14.9 Å². The summed E-state index contributed by atoms with van der Waals surface area (Å²) in [5.74, 6) is 1.38. The fraction of sp³-hybridized carbons (Fsp3) is 0.222. The normalized spacial score (nSPS) is 10.7. The molecule has 0 atom stereocenters. The molecule has 0 aliphatic heterocycles. The molecule has 0 fully saturated rings. The minimum absolute atomic E-state index is 0.0431. The molecule has 2 heterocycles. The molecule has 1 N–H and O–H groups in total. The van der Waals surface area contributed by atoms with Crippen molar-refractivity contribution in [1.29, 1.82) is 0 Å². The van der Waals surface area contributed by atoms with Crippen LogP contribution in [0.1, 0.15) is 12.1 Å². The number of rotatable bonds is 5. The molecule has 5 heteroatoms. The van der Waals surface area contributed by atoms with Crippen LogP contribution >= 0.6 is 0 Å². The summed E-state index contributed by atoms with van der Waals surface area (Å²) in [5.41, 5.74) is 1.97. The van der Waals surface area contributed by atoms with Crippen LogP contribution in [-0.4, -0.2) is 22.6 Å². The second-order valence-corrected chi connectivity index (χ2v) is 5.40. The van der Waals surface area contributed by atoms with Crippen molar-refractivity contribution in [3.8, 4) is 5.75 Å². The van der Waals surface area contributed by atoms with Crippen molar-refractivity contribution in [2.45, 2.75) is 19.9 Å². The van der Waals surface area contributed by atoms with Crippen LogP contribution in [0, 0.1) is 6.92 Å². The average molecular weight is 309 g/mol. The first-order valence-electron chi connectivity index (χ1n) is 7.52. The molecule has 23 heavy (non-hydrogen) atoms. The number of aryl methyl sites for hydroxylation is 2. The van der Waals surface area contributed by atoms with Gasteiger partial charge in [-0.2, -0.15) is 0 Å². The zero-order valence-corrected chi connectivity index (χ0v) is 13.2. The van der Waals surface area contributed by atoms with Crippen LogP contribution in [0.2, 0.25) is 0 Å². The Hall–Kier alpha value is -2.82. The third kappa shape index (κ3) is 3.51. The maximum absolute atomic E-state index is 12.1. The van der Waals surface area contributed by atoms with Gasteiger partial charge in [-0.15, -0.1) is 0 Å². The number of benzene rings is 1. The van der Waals surface area contributed by atoms with E-state index >= 15 is 0 Å². The first-order valence-corrected chi connectivity index (χ1v) is 7.52. The molecule has 3 rings (SSSR count). The van der Waals surface area contributed by atoms with Crippen LogP contribution in [0.5, 0.6) is 5.75 Å². The molecule has 1 amide bonds. The number of amides is 1. The number of fused-ring (bicyclic) bond motifs is 1. The number of carbonyl (C=O) groups excluding carboxylic acids is 1. The third-order valence-electron chi connectivity index (χ3n) is 3.71. The first-order chi connectivity index (χ1) is 11.2. The Morgan fingerprint density at radius 2 is 2.13 bits per heavy atom. The highest BCUT2D eigenvalue weighted by molar-refractivity contribution is 5.90. The molecule has 3 aromatic rings. The minimum atomic E-state index is -0.0431. The number of aromatic nitrogens is 2. The van der Waals surface area contributed by atoms with E-state index in [1.165, 1.54) is 0 Å². The Balaban J connectivity index is 1.65. The highest BCUT2D eigenvalue weighted by atomic mass is 16.5. The number of hydrogen-bond acceptors (Lipinski definition) is 3. The largest absolute Gasteiger partial charge is 0.497 e. The molecule has 0 saturated carbocycles. The lowest BCUT2D eigenvalue weighted by molar-refractivity contribution is -0.116. The number of hydrogen-bond donors (Lipinski definition) is 1. The summed E-state index contributed by atoms with van der Waals surface area (Å²) in [4.78, 5) is 16.3. The number of nitrogens with zero attached hydrogens (tertiary/aromatic N) is 2. The Morgan fingerprint density at radius 1 is 1.26 bits per heavy atom. The van der Waals surface area contributed by atoms with E-state index < -0.39 is 0 Å². The van der Waals surface area contributed by atoms with Crippen LogP contribution in [0.4, 0.5) is 5.82 Å². The van der Waals surface area contributed by atoms with Crippen molar-refractivity contribution in [1.82, 2.24) is 9.55 Å². The van der Waals surface area contributed by atoms with Crippen molar-refractivity contribution in [2.75, 3.05) is 12.4 Å². The van der Waals surface area contributed by atoms with Gasteiger partial charge in [-0.05, 0) is 43.3 Å². The molecule has 0 unspecified atom stereocenters. The minimum Gasteiger partial charge on any atom is -0.497 e. The fourth-order valence-electron chi connectivity index (χ4n) is 2.54. The van der Waals surface area contributed by atoms with Crippen LogP contribution in [0.3, 0.4) is 0 Å². The van der Waals surface area contributed by atoms with E-state index in [1.807, 2.05) is 49.5 Å². The molecular formula is C18H19N3O2. The Bertz CT molecular complexity index is 839. The Morgan fingerprint density at radius 3 is 2.91 bits per heavy atom. The standard InChI is InChI=1S/C18H19N3O2/c1-13-4-3-5-17(19-13)20-18(22)9-11-21-10-8-14-12-15(23-2)6-7-16(14)21/h3-8,10,12H,9,11H2,1-2H3,(H,19,20,22). The lowest BCUT2D eigenvalue weighted by Crippen LogP contribution is -2.15. The molecule has 2 aromatic heterocycles. The zero-order valence-electron chi connectivity index (χ0n) is 13.2. The van der Waals surface area contributed by atoms with Gasteiger partial charge in [0, 0.05) is 35.8 Å². The molecule has 0 aliphatic rings. The summed E-state index contributed by atoms with van der Waals surface area (Å²) >= 11 is 0. The van der Waals surface area contributed by atoms with Gasteiger partial charge in [0.1, 0.15) is 11.6 Å². The molecule has 0 aliphatic carbocycles. The van der Waals surface area contributed by atoms with Crippen molar-refractivity contribution in [3.63, 3.8) is 0 Å². The van der Waals surface area contributed by atoms with Gasteiger partial charge in [0.2, 0.25) is 5.91 Å². The number of carbonyl (C=O) groups is 1. The SMILES string of the molecule is COc1ccc2c(ccn2CCC(=O)Nc2cccc(C)n2)c1. The van der Waals surface area contributed by atoms with E-state index in [0.717, 1.165) is 22.3 Å². The second kappa shape index (κ2) is 6.52. The third-order valence-corrected chi connectivity index (χ3v) is 3.71. The maximum atomic E-state index is 12.1. The highest BCUT2D eigenvalue weighted by Gasteiger charge is 2.07. The monoisotopic (exact) mass is 309 g/mol. The van der Waals surface area contributed by atoms with Crippen LogP contribution in [-0.2, 0) is 11.3 Å². The summed E-state index contributed by atoms with van der Waals surface area (Å²) in [6.07, 6.45) is 2.38. The van der Waals surface area contributed by atoms with E-state index in [4.69, 9.17) is 4.74 Å². The lowest BCUT2D eigenvalue weighted by atomic mass is 10.2. The van der Waals surface area contributed by atoms with Gasteiger partial charge in [-0.3, -0.25) is 4.79 Å². The topological polar surface area (TPSA) is 56.1 Å². The van der Waals surface area contributed by atoms with Gasteiger partial charge in [-0.25, -0.2) is 4.98 Å². The first kappa shape index (κ1) is 15.1. The lowest BCUT2D eigenvalue weighted by Gasteiger charge is -2.07. The number of anilines is 1. The van der Waals surface area contributed by atoms with Gasteiger partial charge >= 0.3 is 0 Å². The molecule has 0 bridgehead atoms. The van der Waals surface area contributed by atoms with Gasteiger partial charge in [0.15, 0.2) is 0 Å². The summed E-state index contributed by atoms with van der Waals surface area (Å²) in [5, 5.41) is 3.93. The Kier molecular flexibility index (Phi) is 4.28. The van der Waals surface area contributed by atoms with Crippen molar-refractivity contribution < 1.29 is 9.53 Å². The Labute approximate surface area is 134 Å². The summed E-state index contributed by atoms with van der Waals surface area (Å²) in [7, 11) is 1.65. The average Bonchev–Trinajstić information content (AvgIpc) is 2.95. The number of methoxy groups -OCH3 is 1. The van der Waals surface area contributed by atoms with Crippen LogP contribution < -0.4 is 10.1 Å². The highest BCUT2D eigenvalue weighted by Crippen LogP contribution is 2.22. The second-order valence-electron chi connectivity index (χ2n) is 5.40. The van der Waals surface area contributed by atoms with Crippen LogP contribution in [0.25, 0.3) is 10.9 Å². The zero-order chi connectivity index (χ0) is 16.2. The number of nitrogens with one attached hydrogen (secondary N) is 1. The van der Waals surface area contributed by atoms with E-state index in [9.17, 15) is 4.79 Å². The maximum Gasteiger partial charge on any atom is 0.227 e. The molecule has 5 nitrogen and oxygen atoms in total. The fourth-order valence-corrected chi connectivity index (χ4v) is 2.54. The van der Waals surface area contributed by atoms with Crippen molar-refractivity contribution >= 4 is 22.6 Å². The molecule has 0 saturated heterocycles. The smallest absolute Gasteiger partial charge is 0.227 e. The van der Waals surface area contributed by atoms with Gasteiger partial charge in [-0.1, -0.05) is 6.07 Å². The molecule has 0 spiro atoms. The van der Waals surface area contributed by atoms with Gasteiger partial charge in [0.05, 0.1) is 7.11 Å². The molecule has 0 radical (unpaired) electrons. The van der Waals surface area contributed by atoms with E-state index in [0.29, 0.717) is 18.8 Å². The van der Waals surface area contributed by atoms with E-state index in [-0.39, 0.29) is 5.91 Å². The van der Waals surface area contributed by atoms with Gasteiger partial charge < -0.3 is 14.6 Å². The summed E-state index contributed by atoms with van der Waals surface area (Å²) in [6.45, 7) is 2.52. The molecule has 118 valence electrons. The summed E-state index contributed by atoms with van der Waals surface area (Å²) in [6, 6.07) is 13.5. The van der Waals surface area contributed by atoms with E-state index in [1.54, 1.807) is 13.2 Å². The predicted octanol–water partition coefficient (Wildman–Crippen LogP) is 3.38. The predicted molar refractivity (Wildman–Crippen MR) is 90.7 cm³/mol. The quantitative estimate of drug-likeness (QED) is 0.786. The molecule has 1 aromatic carbocycles. The van der Waals surface area contributed by atoms with Crippen molar-refractivity contribution in [3.05, 3.63) is 54.4 Å². The summed E-state index contributed by atoms with van der Waals surface area (Å²) < 4.78 is 7.29. The molecular weight excluding hydrogens is 290 g/mol. The van der Waals surface area contributed by atoms with Gasteiger partial charge in [0.25, 0.3) is 0 Å². The van der Waals surface area contributed by atoms with Crippen LogP contribution in [0.15, 0.2) is 48.7 Å². The number of ether oxygens (including phenoxy) is 1. The van der Waals surface area contributed by atoms with Crippen molar-refractivity contribution in [2.24, 2.45) is 0 Å². The number of pyridine rings is 1.